The highest BCUT2D eigenvalue weighted by molar-refractivity contribution is 7.98. The zero-order valence-corrected chi connectivity index (χ0v) is 12.0. The third-order valence-corrected chi connectivity index (χ3v) is 4.02. The lowest BCUT2D eigenvalue weighted by Crippen LogP contribution is -1.99. The SMILES string of the molecule is CCn1c(SCc2ccccc2)nnc1-c1ccco1. The first-order chi connectivity index (χ1) is 9.88. The van der Waals surface area contributed by atoms with E-state index >= 15 is 0 Å². The standard InChI is InChI=1S/C15H15N3OS/c1-2-18-14(13-9-6-10-19-13)16-17-15(18)20-11-12-7-4-3-5-8-12/h3-10H,2,11H2,1H3. The van der Waals surface area contributed by atoms with E-state index in [4.69, 9.17) is 4.42 Å². The van der Waals surface area contributed by atoms with Crippen LogP contribution in [-0.2, 0) is 12.3 Å². The molecule has 0 aliphatic heterocycles. The molecule has 0 saturated carbocycles. The van der Waals surface area contributed by atoms with Crippen molar-refractivity contribution in [3.05, 3.63) is 54.3 Å². The molecule has 1 aromatic carbocycles. The highest BCUT2D eigenvalue weighted by atomic mass is 32.2. The second kappa shape index (κ2) is 5.96. The topological polar surface area (TPSA) is 43.9 Å². The Balaban J connectivity index is 1.80. The van der Waals surface area contributed by atoms with Crippen LogP contribution in [0.3, 0.4) is 0 Å². The minimum Gasteiger partial charge on any atom is -0.461 e. The maximum atomic E-state index is 5.41. The normalized spacial score (nSPS) is 10.8. The molecule has 2 aromatic heterocycles. The maximum absolute atomic E-state index is 5.41. The molecule has 20 heavy (non-hydrogen) atoms. The van der Waals surface area contributed by atoms with Crippen LogP contribution in [-0.4, -0.2) is 14.8 Å². The molecule has 0 spiro atoms. The van der Waals surface area contributed by atoms with E-state index in [1.165, 1.54) is 5.56 Å². The molecule has 0 bridgehead atoms. The smallest absolute Gasteiger partial charge is 0.200 e. The molecule has 0 aliphatic carbocycles. The summed E-state index contributed by atoms with van der Waals surface area (Å²) in [5.41, 5.74) is 1.28. The van der Waals surface area contributed by atoms with Crippen LogP contribution in [0.1, 0.15) is 12.5 Å². The van der Waals surface area contributed by atoms with E-state index in [-0.39, 0.29) is 0 Å². The van der Waals surface area contributed by atoms with Gasteiger partial charge in [-0.15, -0.1) is 10.2 Å². The van der Waals surface area contributed by atoms with E-state index in [9.17, 15) is 0 Å². The Morgan fingerprint density at radius 2 is 1.95 bits per heavy atom. The summed E-state index contributed by atoms with van der Waals surface area (Å²) in [5.74, 6) is 2.43. The number of hydrogen-bond donors (Lipinski definition) is 0. The molecule has 0 unspecified atom stereocenters. The molecule has 102 valence electrons. The fourth-order valence-electron chi connectivity index (χ4n) is 1.99. The van der Waals surface area contributed by atoms with Gasteiger partial charge in [0.05, 0.1) is 6.26 Å². The van der Waals surface area contributed by atoms with Crippen LogP contribution >= 0.6 is 11.8 Å². The van der Waals surface area contributed by atoms with Crippen molar-refractivity contribution in [2.75, 3.05) is 0 Å². The van der Waals surface area contributed by atoms with Gasteiger partial charge < -0.3 is 4.42 Å². The Kier molecular flexibility index (Phi) is 3.87. The summed E-state index contributed by atoms with van der Waals surface area (Å²) >= 11 is 1.69. The highest BCUT2D eigenvalue weighted by Gasteiger charge is 2.14. The van der Waals surface area contributed by atoms with Crippen molar-refractivity contribution in [1.82, 2.24) is 14.8 Å². The monoisotopic (exact) mass is 285 g/mol. The lowest BCUT2D eigenvalue weighted by Gasteiger charge is -2.05. The van der Waals surface area contributed by atoms with Crippen LogP contribution in [0.25, 0.3) is 11.6 Å². The Morgan fingerprint density at radius 1 is 1.10 bits per heavy atom. The van der Waals surface area contributed by atoms with Gasteiger partial charge in [0.1, 0.15) is 0 Å². The largest absolute Gasteiger partial charge is 0.461 e. The second-order valence-electron chi connectivity index (χ2n) is 4.30. The van der Waals surface area contributed by atoms with Crippen LogP contribution in [0.4, 0.5) is 0 Å². The van der Waals surface area contributed by atoms with Gasteiger partial charge in [0, 0.05) is 12.3 Å². The average molecular weight is 285 g/mol. The van der Waals surface area contributed by atoms with E-state index in [0.717, 1.165) is 29.0 Å². The molecule has 5 heteroatoms. The first-order valence-corrected chi connectivity index (χ1v) is 7.51. The number of hydrogen-bond acceptors (Lipinski definition) is 4. The molecule has 0 N–H and O–H groups in total. The zero-order valence-electron chi connectivity index (χ0n) is 11.2. The van der Waals surface area contributed by atoms with E-state index in [1.54, 1.807) is 18.0 Å². The van der Waals surface area contributed by atoms with Gasteiger partial charge in [-0.05, 0) is 24.6 Å². The van der Waals surface area contributed by atoms with Crippen molar-refractivity contribution in [3.63, 3.8) is 0 Å². The summed E-state index contributed by atoms with van der Waals surface area (Å²) in [6, 6.07) is 14.1. The summed E-state index contributed by atoms with van der Waals surface area (Å²) < 4.78 is 7.48. The van der Waals surface area contributed by atoms with Crippen molar-refractivity contribution >= 4 is 11.8 Å². The molecule has 4 nitrogen and oxygen atoms in total. The number of rotatable bonds is 5. The van der Waals surface area contributed by atoms with Crippen molar-refractivity contribution in [2.45, 2.75) is 24.4 Å². The van der Waals surface area contributed by atoms with Gasteiger partial charge >= 0.3 is 0 Å². The summed E-state index contributed by atoms with van der Waals surface area (Å²) in [4.78, 5) is 0. The summed E-state index contributed by atoms with van der Waals surface area (Å²) in [7, 11) is 0. The third-order valence-electron chi connectivity index (χ3n) is 2.99. The molecular weight excluding hydrogens is 270 g/mol. The molecular formula is C15H15N3OS. The van der Waals surface area contributed by atoms with E-state index < -0.39 is 0 Å². The van der Waals surface area contributed by atoms with Gasteiger partial charge in [-0.25, -0.2) is 0 Å². The van der Waals surface area contributed by atoms with Crippen molar-refractivity contribution < 1.29 is 4.42 Å². The summed E-state index contributed by atoms with van der Waals surface area (Å²) in [6.45, 7) is 2.91. The van der Waals surface area contributed by atoms with E-state index in [0.29, 0.717) is 0 Å². The van der Waals surface area contributed by atoms with Crippen molar-refractivity contribution in [3.8, 4) is 11.6 Å². The number of furan rings is 1. The van der Waals surface area contributed by atoms with Crippen LogP contribution < -0.4 is 0 Å². The first kappa shape index (κ1) is 13.0. The fourth-order valence-corrected chi connectivity index (χ4v) is 2.95. The van der Waals surface area contributed by atoms with Gasteiger partial charge in [0.25, 0.3) is 0 Å². The number of thioether (sulfide) groups is 1. The molecule has 0 saturated heterocycles. The Morgan fingerprint density at radius 3 is 2.65 bits per heavy atom. The molecule has 0 amide bonds. The van der Waals surface area contributed by atoms with E-state index in [1.807, 2.05) is 18.2 Å². The maximum Gasteiger partial charge on any atom is 0.200 e. The second-order valence-corrected chi connectivity index (χ2v) is 5.24. The summed E-state index contributed by atoms with van der Waals surface area (Å²) in [6.07, 6.45) is 1.65. The lowest BCUT2D eigenvalue weighted by molar-refractivity contribution is 0.567. The Bertz CT molecular complexity index is 662. The predicted molar refractivity (Wildman–Crippen MR) is 79.4 cm³/mol. The lowest BCUT2D eigenvalue weighted by atomic mass is 10.2. The first-order valence-electron chi connectivity index (χ1n) is 6.52. The van der Waals surface area contributed by atoms with Crippen molar-refractivity contribution in [2.24, 2.45) is 0 Å². The molecule has 2 heterocycles. The molecule has 0 fully saturated rings. The Hall–Kier alpha value is -2.01. The average Bonchev–Trinajstić information content (AvgIpc) is 3.14. The quantitative estimate of drug-likeness (QED) is 0.668. The summed E-state index contributed by atoms with van der Waals surface area (Å²) in [5, 5.41) is 9.43. The number of aromatic nitrogens is 3. The number of nitrogens with zero attached hydrogens (tertiary/aromatic N) is 3. The van der Waals surface area contributed by atoms with Crippen LogP contribution in [0.5, 0.6) is 0 Å². The molecule has 3 aromatic rings. The Labute approximate surface area is 121 Å². The minimum absolute atomic E-state index is 0.755. The van der Waals surface area contributed by atoms with Crippen LogP contribution in [0.15, 0.2) is 58.3 Å². The fraction of sp³-hybridized carbons (Fsp3) is 0.200. The number of benzene rings is 1. The highest BCUT2D eigenvalue weighted by Crippen LogP contribution is 2.26. The predicted octanol–water partition coefficient (Wildman–Crippen LogP) is 3.85. The zero-order chi connectivity index (χ0) is 13.8. The van der Waals surface area contributed by atoms with E-state index in [2.05, 4.69) is 46.0 Å². The van der Waals surface area contributed by atoms with Gasteiger partial charge in [0.2, 0.25) is 0 Å². The van der Waals surface area contributed by atoms with Crippen LogP contribution in [0, 0.1) is 0 Å². The third kappa shape index (κ3) is 2.63. The van der Waals surface area contributed by atoms with Gasteiger partial charge in [-0.2, -0.15) is 0 Å². The minimum atomic E-state index is 0.755. The van der Waals surface area contributed by atoms with Gasteiger partial charge in [-0.3, -0.25) is 4.57 Å². The van der Waals surface area contributed by atoms with Crippen molar-refractivity contribution in [1.29, 1.82) is 0 Å². The van der Waals surface area contributed by atoms with Crippen LogP contribution in [0.2, 0.25) is 0 Å². The molecule has 0 aliphatic rings. The molecule has 3 rings (SSSR count). The van der Waals surface area contributed by atoms with Gasteiger partial charge in [0.15, 0.2) is 16.7 Å². The van der Waals surface area contributed by atoms with Gasteiger partial charge in [-0.1, -0.05) is 42.1 Å². The molecule has 0 atom stereocenters. The molecule has 0 radical (unpaired) electrons.